The van der Waals surface area contributed by atoms with Crippen molar-refractivity contribution < 1.29 is 4.79 Å². The van der Waals surface area contributed by atoms with Crippen LogP contribution in [0.3, 0.4) is 0 Å². The van der Waals surface area contributed by atoms with Gasteiger partial charge in [-0.15, -0.1) is 0 Å². The summed E-state index contributed by atoms with van der Waals surface area (Å²) in [5.41, 5.74) is 3.01. The number of thiazole rings is 1. The highest BCUT2D eigenvalue weighted by molar-refractivity contribution is 7.19. The van der Waals surface area contributed by atoms with Crippen molar-refractivity contribution in [3.8, 4) is 11.3 Å². The molecule has 2 aromatic heterocycles. The summed E-state index contributed by atoms with van der Waals surface area (Å²) in [5.74, 6) is 0.101. The number of ketones is 1. The van der Waals surface area contributed by atoms with Gasteiger partial charge in [0.1, 0.15) is 0 Å². The van der Waals surface area contributed by atoms with E-state index >= 15 is 0 Å². The predicted octanol–water partition coefficient (Wildman–Crippen LogP) is 3.57. The zero-order chi connectivity index (χ0) is 12.7. The van der Waals surface area contributed by atoms with Crippen molar-refractivity contribution in [1.29, 1.82) is 0 Å². The van der Waals surface area contributed by atoms with Crippen LogP contribution in [0.15, 0.2) is 36.5 Å². The summed E-state index contributed by atoms with van der Waals surface area (Å²) in [7, 11) is 0. The second kappa shape index (κ2) is 4.07. The quantitative estimate of drug-likeness (QED) is 0.657. The van der Waals surface area contributed by atoms with Gasteiger partial charge in [-0.1, -0.05) is 41.7 Å². The fourth-order valence-corrected chi connectivity index (χ4v) is 3.03. The summed E-state index contributed by atoms with van der Waals surface area (Å²) in [6, 6.07) is 10.1. The lowest BCUT2D eigenvalue weighted by Gasteiger charge is -1.95. The minimum Gasteiger partial charge on any atom is -0.294 e. The van der Waals surface area contributed by atoms with E-state index in [2.05, 4.69) is 4.98 Å². The van der Waals surface area contributed by atoms with Crippen LogP contribution in [0.4, 0.5) is 0 Å². The maximum atomic E-state index is 11.5. The zero-order valence-electron chi connectivity index (χ0n) is 10.2. The maximum absolute atomic E-state index is 11.5. The molecule has 18 heavy (non-hydrogen) atoms. The zero-order valence-corrected chi connectivity index (χ0v) is 11.0. The van der Waals surface area contributed by atoms with Crippen LogP contribution in [0.1, 0.15) is 22.3 Å². The number of Topliss-reactive ketones (excluding diaryl/α,β-unsaturated/α-hetero) is 1. The first-order chi connectivity index (χ1) is 8.66. The minimum atomic E-state index is 0.101. The Labute approximate surface area is 109 Å². The molecule has 0 aliphatic heterocycles. The van der Waals surface area contributed by atoms with Crippen LogP contribution in [-0.2, 0) is 0 Å². The lowest BCUT2D eigenvalue weighted by Crippen LogP contribution is -1.92. The van der Waals surface area contributed by atoms with Gasteiger partial charge in [0.05, 0.1) is 10.6 Å². The van der Waals surface area contributed by atoms with Crippen molar-refractivity contribution in [3.63, 3.8) is 0 Å². The molecule has 2 heterocycles. The highest BCUT2D eigenvalue weighted by Crippen LogP contribution is 2.27. The van der Waals surface area contributed by atoms with Crippen molar-refractivity contribution in [1.82, 2.24) is 9.38 Å². The van der Waals surface area contributed by atoms with Crippen LogP contribution in [0.25, 0.3) is 16.2 Å². The van der Waals surface area contributed by atoms with Crippen LogP contribution >= 0.6 is 11.3 Å². The van der Waals surface area contributed by atoms with Gasteiger partial charge in [-0.2, -0.15) is 0 Å². The largest absolute Gasteiger partial charge is 0.294 e. The molecule has 0 atom stereocenters. The molecule has 3 aromatic rings. The standard InChI is InChI=1S/C14H12N2OS/c1-9-13(10(2)17)18-14-15-12(8-16(9)14)11-6-4-3-5-7-11/h3-8H,1-2H3. The monoisotopic (exact) mass is 256 g/mol. The number of aryl methyl sites for hydroxylation is 1. The summed E-state index contributed by atoms with van der Waals surface area (Å²) in [5, 5.41) is 0. The Hall–Kier alpha value is -1.94. The summed E-state index contributed by atoms with van der Waals surface area (Å²) >= 11 is 1.45. The van der Waals surface area contributed by atoms with Gasteiger partial charge < -0.3 is 0 Å². The minimum absolute atomic E-state index is 0.101. The average Bonchev–Trinajstić information content (AvgIpc) is 2.91. The first-order valence-corrected chi connectivity index (χ1v) is 6.53. The molecule has 0 saturated heterocycles. The summed E-state index contributed by atoms with van der Waals surface area (Å²) < 4.78 is 1.99. The van der Waals surface area contributed by atoms with Crippen LogP contribution in [0.2, 0.25) is 0 Å². The third-order valence-electron chi connectivity index (χ3n) is 2.95. The van der Waals surface area contributed by atoms with Gasteiger partial charge in [0.2, 0.25) is 0 Å². The van der Waals surface area contributed by atoms with E-state index in [1.54, 1.807) is 6.92 Å². The normalized spacial score (nSPS) is 11.0. The Bertz CT molecular complexity index is 725. The van der Waals surface area contributed by atoms with Crippen molar-refractivity contribution >= 4 is 22.1 Å². The lowest BCUT2D eigenvalue weighted by atomic mass is 10.2. The number of nitrogens with zero attached hydrogens (tertiary/aromatic N) is 2. The highest BCUT2D eigenvalue weighted by Gasteiger charge is 2.14. The van der Waals surface area contributed by atoms with Gasteiger partial charge >= 0.3 is 0 Å². The molecule has 0 saturated carbocycles. The van der Waals surface area contributed by atoms with Crippen LogP contribution in [-0.4, -0.2) is 15.2 Å². The fraction of sp³-hybridized carbons (Fsp3) is 0.143. The molecule has 0 radical (unpaired) electrons. The van der Waals surface area contributed by atoms with Crippen molar-refractivity contribution in [2.75, 3.05) is 0 Å². The summed E-state index contributed by atoms with van der Waals surface area (Å²) in [4.78, 5) is 17.7. The van der Waals surface area contributed by atoms with Gasteiger partial charge in [0.15, 0.2) is 10.7 Å². The first kappa shape index (κ1) is 11.2. The van der Waals surface area contributed by atoms with Crippen LogP contribution in [0.5, 0.6) is 0 Å². The Kier molecular flexibility index (Phi) is 2.52. The molecule has 4 heteroatoms. The SMILES string of the molecule is CC(=O)c1sc2nc(-c3ccccc3)cn2c1C. The van der Waals surface area contributed by atoms with Crippen molar-refractivity contribution in [2.45, 2.75) is 13.8 Å². The Morgan fingerprint density at radius 3 is 2.61 bits per heavy atom. The molecule has 0 bridgehead atoms. The molecule has 0 unspecified atom stereocenters. The molecule has 0 aliphatic carbocycles. The molecule has 3 nitrogen and oxygen atoms in total. The number of hydrogen-bond donors (Lipinski definition) is 0. The highest BCUT2D eigenvalue weighted by atomic mass is 32.1. The van der Waals surface area contributed by atoms with E-state index in [-0.39, 0.29) is 5.78 Å². The molecule has 0 fully saturated rings. The number of rotatable bonds is 2. The summed E-state index contributed by atoms with van der Waals surface area (Å²) in [6.07, 6.45) is 1.99. The van der Waals surface area contributed by atoms with E-state index in [4.69, 9.17) is 0 Å². The Morgan fingerprint density at radius 2 is 2.00 bits per heavy atom. The van der Waals surface area contributed by atoms with Gasteiger partial charge in [-0.05, 0) is 6.92 Å². The van der Waals surface area contributed by atoms with Crippen molar-refractivity contribution in [2.24, 2.45) is 0 Å². The van der Waals surface area contributed by atoms with E-state index in [0.717, 1.165) is 26.8 Å². The fourth-order valence-electron chi connectivity index (χ4n) is 2.02. The Morgan fingerprint density at radius 1 is 1.28 bits per heavy atom. The van der Waals surface area contributed by atoms with E-state index < -0.39 is 0 Å². The van der Waals surface area contributed by atoms with Crippen molar-refractivity contribution in [3.05, 3.63) is 47.1 Å². The van der Waals surface area contributed by atoms with Gasteiger partial charge in [-0.3, -0.25) is 9.20 Å². The van der Waals surface area contributed by atoms with E-state index in [0.29, 0.717) is 0 Å². The summed E-state index contributed by atoms with van der Waals surface area (Å²) in [6.45, 7) is 3.55. The van der Waals surface area contributed by atoms with Gasteiger partial charge in [0.25, 0.3) is 0 Å². The molecule has 90 valence electrons. The number of fused-ring (bicyclic) bond motifs is 1. The third kappa shape index (κ3) is 1.66. The number of benzene rings is 1. The first-order valence-electron chi connectivity index (χ1n) is 5.71. The third-order valence-corrected chi connectivity index (χ3v) is 4.20. The lowest BCUT2D eigenvalue weighted by molar-refractivity contribution is 0.102. The maximum Gasteiger partial charge on any atom is 0.195 e. The second-order valence-electron chi connectivity index (χ2n) is 4.22. The van der Waals surface area contributed by atoms with Crippen LogP contribution in [0, 0.1) is 6.92 Å². The Balaban J connectivity index is 2.17. The van der Waals surface area contributed by atoms with E-state index in [9.17, 15) is 4.79 Å². The molecule has 0 amide bonds. The number of hydrogen-bond acceptors (Lipinski definition) is 3. The van der Waals surface area contributed by atoms with E-state index in [1.165, 1.54) is 11.3 Å². The predicted molar refractivity (Wildman–Crippen MR) is 73.2 cm³/mol. The smallest absolute Gasteiger partial charge is 0.195 e. The molecule has 3 rings (SSSR count). The van der Waals surface area contributed by atoms with Gasteiger partial charge in [0, 0.05) is 24.4 Å². The topological polar surface area (TPSA) is 34.4 Å². The number of imidazole rings is 1. The molecular formula is C14H12N2OS. The molecular weight excluding hydrogens is 244 g/mol. The van der Waals surface area contributed by atoms with Gasteiger partial charge in [-0.25, -0.2) is 4.98 Å². The number of carbonyl (C=O) groups is 1. The van der Waals surface area contributed by atoms with Crippen LogP contribution < -0.4 is 0 Å². The van der Waals surface area contributed by atoms with E-state index in [1.807, 2.05) is 47.9 Å². The average molecular weight is 256 g/mol. The molecule has 1 aromatic carbocycles. The molecule has 0 N–H and O–H groups in total. The molecule has 0 aliphatic rings. The second-order valence-corrected chi connectivity index (χ2v) is 5.20. The molecule has 0 spiro atoms. The number of aromatic nitrogens is 2. The number of carbonyl (C=O) groups excluding carboxylic acids is 1.